The second-order valence-corrected chi connectivity index (χ2v) is 13.3. The Morgan fingerprint density at radius 1 is 0.950 bits per heavy atom. The summed E-state index contributed by atoms with van der Waals surface area (Å²) in [6.07, 6.45) is 5.27. The molecular formula is C30H33BrClN3O4S. The van der Waals surface area contributed by atoms with Crippen LogP contribution in [0.25, 0.3) is 0 Å². The second-order valence-electron chi connectivity index (χ2n) is 10.1. The number of amides is 2. The van der Waals surface area contributed by atoms with Crippen LogP contribution >= 0.6 is 27.5 Å². The highest BCUT2D eigenvalue weighted by Crippen LogP contribution is 2.23. The number of nitrogens with zero attached hydrogens (tertiary/aromatic N) is 2. The topological polar surface area (TPSA) is 86.8 Å². The molecule has 10 heteroatoms. The molecule has 3 aromatic carbocycles. The van der Waals surface area contributed by atoms with E-state index in [2.05, 4.69) is 21.2 Å². The standard InChI is InChI=1S/C30H33BrClN3O4S/c1-40(38,39)35(27-17-15-25(32)16-18-27)21-29(36)34(20-23-11-13-24(31)14-12-23)28(19-22-7-3-2-4-8-22)30(37)33-26-9-5-6-10-26/h2-4,7-8,11-18,26,28H,5-6,9-10,19-21H2,1H3,(H,33,37)/t28-/m0/s1. The summed E-state index contributed by atoms with van der Waals surface area (Å²) in [4.78, 5) is 29.4. The monoisotopic (exact) mass is 645 g/mol. The first-order valence-corrected chi connectivity index (χ1v) is 16.2. The van der Waals surface area contributed by atoms with E-state index in [0.717, 1.165) is 51.8 Å². The number of nitrogens with one attached hydrogen (secondary N) is 1. The maximum atomic E-state index is 14.1. The van der Waals surface area contributed by atoms with E-state index in [1.165, 1.54) is 4.90 Å². The SMILES string of the molecule is CS(=O)(=O)N(CC(=O)N(Cc1ccc(Br)cc1)[C@@H](Cc1ccccc1)C(=O)NC1CCCC1)c1ccc(Cl)cc1. The zero-order valence-electron chi connectivity index (χ0n) is 22.3. The van der Waals surface area contributed by atoms with E-state index in [1.54, 1.807) is 24.3 Å². The van der Waals surface area contributed by atoms with E-state index < -0.39 is 28.5 Å². The van der Waals surface area contributed by atoms with Crippen LogP contribution in [-0.4, -0.2) is 50.0 Å². The van der Waals surface area contributed by atoms with Crippen molar-refractivity contribution in [1.29, 1.82) is 0 Å². The van der Waals surface area contributed by atoms with Gasteiger partial charge in [-0.15, -0.1) is 0 Å². The molecule has 0 heterocycles. The normalized spacial score (nSPS) is 14.5. The Hall–Kier alpha value is -2.88. The largest absolute Gasteiger partial charge is 0.352 e. The number of hydrogen-bond acceptors (Lipinski definition) is 4. The molecule has 0 saturated heterocycles. The molecule has 1 aliphatic rings. The number of carbonyl (C=O) groups is 2. The van der Waals surface area contributed by atoms with Crippen LogP contribution in [0.15, 0.2) is 83.3 Å². The summed E-state index contributed by atoms with van der Waals surface area (Å²) in [5.74, 6) is -0.718. The summed E-state index contributed by atoms with van der Waals surface area (Å²) in [5, 5.41) is 3.61. The third kappa shape index (κ3) is 8.32. The maximum Gasteiger partial charge on any atom is 0.244 e. The van der Waals surface area contributed by atoms with Crippen molar-refractivity contribution in [2.45, 2.75) is 50.7 Å². The molecule has 0 spiro atoms. The van der Waals surface area contributed by atoms with Crippen LogP contribution in [0.2, 0.25) is 5.02 Å². The molecule has 2 amide bonds. The van der Waals surface area contributed by atoms with Gasteiger partial charge in [-0.2, -0.15) is 0 Å². The number of anilines is 1. The van der Waals surface area contributed by atoms with Crippen LogP contribution in [0.5, 0.6) is 0 Å². The number of sulfonamides is 1. The van der Waals surface area contributed by atoms with E-state index in [0.29, 0.717) is 17.1 Å². The third-order valence-electron chi connectivity index (χ3n) is 7.03. The number of halogens is 2. The van der Waals surface area contributed by atoms with Gasteiger partial charge in [0.1, 0.15) is 12.6 Å². The number of carbonyl (C=O) groups excluding carboxylic acids is 2. The Kier molecular flexibility index (Phi) is 10.3. The predicted octanol–water partition coefficient (Wildman–Crippen LogP) is 5.57. The van der Waals surface area contributed by atoms with Gasteiger partial charge in [0.25, 0.3) is 0 Å². The lowest BCUT2D eigenvalue weighted by molar-refractivity contribution is -0.140. The van der Waals surface area contributed by atoms with Crippen molar-refractivity contribution in [3.8, 4) is 0 Å². The molecule has 4 rings (SSSR count). The highest BCUT2D eigenvalue weighted by Gasteiger charge is 2.34. The van der Waals surface area contributed by atoms with Crippen molar-refractivity contribution in [3.63, 3.8) is 0 Å². The van der Waals surface area contributed by atoms with Crippen molar-refractivity contribution in [2.24, 2.45) is 0 Å². The van der Waals surface area contributed by atoms with Crippen LogP contribution in [0, 0.1) is 0 Å². The number of rotatable bonds is 11. The van der Waals surface area contributed by atoms with Crippen molar-refractivity contribution in [2.75, 3.05) is 17.1 Å². The number of hydrogen-bond donors (Lipinski definition) is 1. The first-order chi connectivity index (χ1) is 19.1. The molecule has 1 N–H and O–H groups in total. The molecule has 1 fully saturated rings. The summed E-state index contributed by atoms with van der Waals surface area (Å²) in [6.45, 7) is -0.321. The smallest absolute Gasteiger partial charge is 0.244 e. The van der Waals surface area contributed by atoms with Crippen molar-refractivity contribution in [3.05, 3.63) is 99.5 Å². The Bertz CT molecular complexity index is 1400. The van der Waals surface area contributed by atoms with E-state index in [9.17, 15) is 18.0 Å². The molecule has 1 aliphatic carbocycles. The van der Waals surface area contributed by atoms with Crippen LogP contribution in [0.4, 0.5) is 5.69 Å². The fourth-order valence-corrected chi connectivity index (χ4v) is 6.17. The van der Waals surface area contributed by atoms with Crippen molar-refractivity contribution in [1.82, 2.24) is 10.2 Å². The molecule has 0 unspecified atom stereocenters. The zero-order valence-corrected chi connectivity index (χ0v) is 25.5. The lowest BCUT2D eigenvalue weighted by Crippen LogP contribution is -2.54. The molecule has 7 nitrogen and oxygen atoms in total. The highest BCUT2D eigenvalue weighted by molar-refractivity contribution is 9.10. The fraction of sp³-hybridized carbons (Fsp3) is 0.333. The summed E-state index contributed by atoms with van der Waals surface area (Å²) in [6, 6.07) is 22.6. The van der Waals surface area contributed by atoms with E-state index in [4.69, 9.17) is 11.6 Å². The molecule has 1 saturated carbocycles. The van der Waals surface area contributed by atoms with Crippen molar-refractivity contribution < 1.29 is 18.0 Å². The Labute approximate surface area is 249 Å². The molecule has 40 heavy (non-hydrogen) atoms. The van der Waals surface area contributed by atoms with Gasteiger partial charge >= 0.3 is 0 Å². The van der Waals surface area contributed by atoms with Gasteiger partial charge in [-0.05, 0) is 60.4 Å². The molecule has 0 aromatic heterocycles. The van der Waals surface area contributed by atoms with Gasteiger partial charge in [-0.1, -0.05) is 82.8 Å². The van der Waals surface area contributed by atoms with E-state index in [-0.39, 0.29) is 18.5 Å². The average molecular weight is 647 g/mol. The van der Waals surface area contributed by atoms with Crippen LogP contribution < -0.4 is 9.62 Å². The summed E-state index contributed by atoms with van der Waals surface area (Å²) in [7, 11) is -3.83. The average Bonchev–Trinajstić information content (AvgIpc) is 3.44. The van der Waals surface area contributed by atoms with Gasteiger partial charge in [0.15, 0.2) is 0 Å². The molecule has 3 aromatic rings. The molecule has 0 radical (unpaired) electrons. The predicted molar refractivity (Wildman–Crippen MR) is 163 cm³/mol. The first kappa shape index (κ1) is 30.1. The molecule has 212 valence electrons. The molecule has 1 atom stereocenters. The van der Waals surface area contributed by atoms with Gasteiger partial charge in [-0.3, -0.25) is 13.9 Å². The minimum Gasteiger partial charge on any atom is -0.352 e. The minimum atomic E-state index is -3.83. The Morgan fingerprint density at radius 2 is 1.57 bits per heavy atom. The fourth-order valence-electron chi connectivity index (χ4n) is 4.93. The minimum absolute atomic E-state index is 0.0667. The lowest BCUT2D eigenvalue weighted by Gasteiger charge is -2.34. The summed E-state index contributed by atoms with van der Waals surface area (Å²) in [5.41, 5.74) is 2.04. The number of benzene rings is 3. The summed E-state index contributed by atoms with van der Waals surface area (Å²) < 4.78 is 27.6. The van der Waals surface area contributed by atoms with Gasteiger partial charge in [0.05, 0.1) is 11.9 Å². The maximum absolute atomic E-state index is 14.1. The van der Waals surface area contributed by atoms with Gasteiger partial charge in [0.2, 0.25) is 21.8 Å². The molecular weight excluding hydrogens is 614 g/mol. The molecule has 0 aliphatic heterocycles. The summed E-state index contributed by atoms with van der Waals surface area (Å²) >= 11 is 9.46. The van der Waals surface area contributed by atoms with Crippen LogP contribution in [0.1, 0.15) is 36.8 Å². The van der Waals surface area contributed by atoms with E-state index >= 15 is 0 Å². The third-order valence-corrected chi connectivity index (χ3v) is 8.95. The Balaban J connectivity index is 1.71. The van der Waals surface area contributed by atoms with Crippen LogP contribution in [-0.2, 0) is 32.6 Å². The van der Waals surface area contributed by atoms with Gasteiger partial charge in [0, 0.05) is 28.5 Å². The first-order valence-electron chi connectivity index (χ1n) is 13.2. The van der Waals surface area contributed by atoms with Crippen molar-refractivity contribution >= 4 is 55.1 Å². The highest BCUT2D eigenvalue weighted by atomic mass is 79.9. The van der Waals surface area contributed by atoms with E-state index in [1.807, 2.05) is 54.6 Å². The quantitative estimate of drug-likeness (QED) is 0.295. The van der Waals surface area contributed by atoms with Gasteiger partial charge < -0.3 is 10.2 Å². The molecule has 0 bridgehead atoms. The van der Waals surface area contributed by atoms with Crippen LogP contribution in [0.3, 0.4) is 0 Å². The second kappa shape index (κ2) is 13.7. The van der Waals surface area contributed by atoms with Gasteiger partial charge in [-0.25, -0.2) is 8.42 Å². The Morgan fingerprint density at radius 3 is 2.17 bits per heavy atom. The zero-order chi connectivity index (χ0) is 28.7. The lowest BCUT2D eigenvalue weighted by atomic mass is 10.0.